The average molecular weight is 342 g/mol. The van der Waals surface area contributed by atoms with Gasteiger partial charge in [0.05, 0.1) is 0 Å². The van der Waals surface area contributed by atoms with E-state index in [-0.39, 0.29) is 23.3 Å². The van der Waals surface area contributed by atoms with Crippen molar-refractivity contribution < 1.29 is 22.4 Å². The van der Waals surface area contributed by atoms with Crippen LogP contribution in [0.4, 0.5) is 13.2 Å². The number of piperidine rings is 1. The van der Waals surface area contributed by atoms with Crippen LogP contribution in [0.5, 0.6) is 5.75 Å². The molecule has 2 N–H and O–H groups in total. The van der Waals surface area contributed by atoms with E-state index in [1.807, 2.05) is 0 Å². The fourth-order valence-corrected chi connectivity index (χ4v) is 3.03. The van der Waals surface area contributed by atoms with Crippen LogP contribution >= 0.6 is 0 Å². The predicted octanol–water partition coefficient (Wildman–Crippen LogP) is 2.94. The highest BCUT2D eigenvalue weighted by Crippen LogP contribution is 2.28. The summed E-state index contributed by atoms with van der Waals surface area (Å²) < 4.78 is 45.5. The van der Waals surface area contributed by atoms with E-state index < -0.39 is 6.36 Å². The van der Waals surface area contributed by atoms with Crippen LogP contribution in [0.1, 0.15) is 30.1 Å². The number of nitrogens with one attached hydrogen (secondary N) is 2. The predicted molar refractivity (Wildman–Crippen MR) is 79.9 cm³/mol. The van der Waals surface area contributed by atoms with Crippen LogP contribution in [-0.2, 0) is 6.42 Å². The maximum atomic E-state index is 12.2. The van der Waals surface area contributed by atoms with Crippen LogP contribution in [0.25, 0.3) is 0 Å². The first kappa shape index (κ1) is 16.6. The third-order valence-corrected chi connectivity index (χ3v) is 4.08. The Morgan fingerprint density at radius 2 is 2.00 bits per heavy atom. The lowest BCUT2D eigenvalue weighted by Gasteiger charge is -2.29. The molecule has 2 heterocycles. The molecule has 8 heteroatoms. The van der Waals surface area contributed by atoms with Gasteiger partial charge in [-0.2, -0.15) is 5.16 Å². The molecule has 3 rings (SSSR count). The van der Waals surface area contributed by atoms with Gasteiger partial charge in [0.25, 0.3) is 5.56 Å². The number of hydrogen-bond acceptors (Lipinski definition) is 4. The van der Waals surface area contributed by atoms with Gasteiger partial charge in [-0.15, -0.1) is 13.2 Å². The molecule has 1 aliphatic rings. The summed E-state index contributed by atoms with van der Waals surface area (Å²) in [7, 11) is 0. The van der Waals surface area contributed by atoms with E-state index in [9.17, 15) is 18.0 Å². The number of benzene rings is 1. The lowest BCUT2D eigenvalue weighted by Crippen LogP contribution is -2.38. The number of ether oxygens (including phenoxy) is 1. The second-order valence-electron chi connectivity index (χ2n) is 5.88. The van der Waals surface area contributed by atoms with Crippen LogP contribution in [-0.4, -0.2) is 24.1 Å². The molecule has 2 aromatic rings. The summed E-state index contributed by atoms with van der Waals surface area (Å²) in [4.78, 5) is 11.2. The maximum absolute atomic E-state index is 12.2. The topological polar surface area (TPSA) is 67.3 Å². The average Bonchev–Trinajstić information content (AvgIpc) is 2.95. The second kappa shape index (κ2) is 6.72. The van der Waals surface area contributed by atoms with Crippen molar-refractivity contribution in [3.63, 3.8) is 0 Å². The maximum Gasteiger partial charge on any atom is 0.573 e. The zero-order chi connectivity index (χ0) is 17.2. The molecule has 0 bridgehead atoms. The van der Waals surface area contributed by atoms with Crippen molar-refractivity contribution in [1.29, 1.82) is 0 Å². The third-order valence-electron chi connectivity index (χ3n) is 4.08. The number of hydrogen-bond donors (Lipinski definition) is 2. The Morgan fingerprint density at radius 1 is 1.25 bits per heavy atom. The highest BCUT2D eigenvalue weighted by Gasteiger charge is 2.31. The number of rotatable bonds is 4. The zero-order valence-electron chi connectivity index (χ0n) is 12.7. The Morgan fingerprint density at radius 3 is 2.62 bits per heavy atom. The van der Waals surface area contributed by atoms with Gasteiger partial charge < -0.3 is 14.6 Å². The van der Waals surface area contributed by atoms with Gasteiger partial charge >= 0.3 is 6.36 Å². The lowest BCUT2D eigenvalue weighted by molar-refractivity contribution is -0.274. The van der Waals surface area contributed by atoms with Gasteiger partial charge in [-0.3, -0.25) is 4.79 Å². The quantitative estimate of drug-likeness (QED) is 0.896. The molecular formula is C16H17F3N2O3. The molecule has 1 aromatic heterocycles. The monoisotopic (exact) mass is 342 g/mol. The molecule has 1 fully saturated rings. The number of halogens is 3. The summed E-state index contributed by atoms with van der Waals surface area (Å²) in [5.74, 6) is 0.582. The molecule has 0 saturated carbocycles. The van der Waals surface area contributed by atoms with Crippen molar-refractivity contribution in [2.45, 2.75) is 37.6 Å². The molecule has 5 nitrogen and oxygen atoms in total. The van der Waals surface area contributed by atoms with Crippen LogP contribution in [0.15, 0.2) is 39.6 Å². The Hall–Kier alpha value is -2.22. The summed E-state index contributed by atoms with van der Waals surface area (Å²) in [6, 6.07) is 7.52. The van der Waals surface area contributed by atoms with Crippen molar-refractivity contribution in [3.05, 3.63) is 52.0 Å². The Labute approximate surface area is 135 Å². The SMILES string of the molecule is O=c1cc(C2CCNC(Cc3ccc(OC(F)(F)F)cc3)C2)o[nH]1. The van der Waals surface area contributed by atoms with Gasteiger partial charge in [0.2, 0.25) is 0 Å². The van der Waals surface area contributed by atoms with Crippen LogP contribution in [0, 0.1) is 0 Å². The molecule has 1 saturated heterocycles. The van der Waals surface area contributed by atoms with E-state index in [0.717, 1.165) is 24.9 Å². The molecule has 0 amide bonds. The van der Waals surface area contributed by atoms with Gasteiger partial charge in [0, 0.05) is 18.0 Å². The fraction of sp³-hybridized carbons (Fsp3) is 0.438. The second-order valence-corrected chi connectivity index (χ2v) is 5.88. The summed E-state index contributed by atoms with van der Waals surface area (Å²) in [5.41, 5.74) is 0.665. The molecule has 0 radical (unpaired) electrons. The van der Waals surface area contributed by atoms with Gasteiger partial charge in [-0.05, 0) is 43.5 Å². The summed E-state index contributed by atoms with van der Waals surface area (Å²) in [6.45, 7) is 0.791. The number of alkyl halides is 3. The minimum Gasteiger partial charge on any atom is -0.406 e. The normalized spacial score (nSPS) is 21.6. The van der Waals surface area contributed by atoms with E-state index in [0.29, 0.717) is 12.2 Å². The van der Waals surface area contributed by atoms with E-state index in [2.05, 4.69) is 15.2 Å². The molecule has 1 aliphatic heterocycles. The van der Waals surface area contributed by atoms with E-state index in [1.54, 1.807) is 12.1 Å². The van der Waals surface area contributed by atoms with Crippen LogP contribution < -0.4 is 15.6 Å². The fourth-order valence-electron chi connectivity index (χ4n) is 3.03. The first-order chi connectivity index (χ1) is 11.4. The highest BCUT2D eigenvalue weighted by molar-refractivity contribution is 5.28. The Bertz CT molecular complexity index is 721. The summed E-state index contributed by atoms with van der Waals surface area (Å²) in [5, 5.41) is 5.68. The molecule has 130 valence electrons. The zero-order valence-corrected chi connectivity index (χ0v) is 12.7. The first-order valence-corrected chi connectivity index (χ1v) is 7.65. The van der Waals surface area contributed by atoms with E-state index >= 15 is 0 Å². The molecule has 1 aromatic carbocycles. The Balaban J connectivity index is 1.60. The summed E-state index contributed by atoms with van der Waals surface area (Å²) >= 11 is 0. The van der Waals surface area contributed by atoms with Gasteiger partial charge in [0.1, 0.15) is 11.5 Å². The molecule has 2 atom stereocenters. The largest absolute Gasteiger partial charge is 0.573 e. The van der Waals surface area contributed by atoms with Gasteiger partial charge in [-0.1, -0.05) is 12.1 Å². The van der Waals surface area contributed by atoms with Crippen LogP contribution in [0.2, 0.25) is 0 Å². The molecule has 0 spiro atoms. The smallest absolute Gasteiger partial charge is 0.406 e. The molecule has 0 aliphatic carbocycles. The van der Waals surface area contributed by atoms with Crippen molar-refractivity contribution in [2.75, 3.05) is 6.54 Å². The minimum atomic E-state index is -4.68. The first-order valence-electron chi connectivity index (χ1n) is 7.65. The van der Waals surface area contributed by atoms with Gasteiger partial charge in [-0.25, -0.2) is 0 Å². The van der Waals surface area contributed by atoms with Crippen molar-refractivity contribution in [3.8, 4) is 5.75 Å². The third kappa shape index (κ3) is 4.41. The van der Waals surface area contributed by atoms with E-state index in [4.69, 9.17) is 4.52 Å². The van der Waals surface area contributed by atoms with Crippen molar-refractivity contribution in [1.82, 2.24) is 10.5 Å². The lowest BCUT2D eigenvalue weighted by atomic mass is 9.87. The van der Waals surface area contributed by atoms with Crippen LogP contribution in [0.3, 0.4) is 0 Å². The van der Waals surface area contributed by atoms with Crippen molar-refractivity contribution in [2.24, 2.45) is 0 Å². The number of aromatic nitrogens is 1. The highest BCUT2D eigenvalue weighted by atomic mass is 19.4. The minimum absolute atomic E-state index is 0.156. The molecule has 2 unspecified atom stereocenters. The van der Waals surface area contributed by atoms with Gasteiger partial charge in [0.15, 0.2) is 0 Å². The van der Waals surface area contributed by atoms with E-state index in [1.165, 1.54) is 18.2 Å². The molecule has 24 heavy (non-hydrogen) atoms. The Kier molecular flexibility index (Phi) is 4.66. The number of H-pyrrole nitrogens is 1. The number of aromatic amines is 1. The molecular weight excluding hydrogens is 325 g/mol. The summed E-state index contributed by atoms with van der Waals surface area (Å²) in [6.07, 6.45) is -2.34. The standard InChI is InChI=1S/C16H17F3N2O3/c17-16(18,19)23-13-3-1-10(2-4-13)7-12-8-11(5-6-20-12)14-9-15(22)21-24-14/h1-4,9,11-12,20H,5-8H2,(H,21,22). The van der Waals surface area contributed by atoms with Crippen molar-refractivity contribution >= 4 is 0 Å².